The molecule has 0 aromatic carbocycles. The summed E-state index contributed by atoms with van der Waals surface area (Å²) >= 11 is 0. The number of carbonyl (C=O) groups is 1. The normalized spacial score (nSPS) is 51.6. The first-order chi connectivity index (χ1) is 11.7. The summed E-state index contributed by atoms with van der Waals surface area (Å²) in [5, 5.41) is 11.3. The zero-order valence-corrected chi connectivity index (χ0v) is 16.2. The molecule has 7 unspecified atom stereocenters. The van der Waals surface area contributed by atoms with E-state index in [1.807, 2.05) is 13.0 Å². The minimum absolute atomic E-state index is 0.0705. The van der Waals surface area contributed by atoms with E-state index in [1.54, 1.807) is 0 Å². The molecule has 4 aliphatic carbocycles. The maximum Gasteiger partial charge on any atom is 0.155 e. The molecule has 3 fully saturated rings. The molecule has 0 bridgehead atoms. The van der Waals surface area contributed by atoms with Crippen LogP contribution in [-0.4, -0.2) is 16.5 Å². The van der Waals surface area contributed by atoms with Crippen molar-refractivity contribution in [2.75, 3.05) is 0 Å². The van der Waals surface area contributed by atoms with E-state index in [2.05, 4.69) is 32.6 Å². The van der Waals surface area contributed by atoms with Gasteiger partial charge in [0.15, 0.2) is 5.78 Å². The van der Waals surface area contributed by atoms with Crippen LogP contribution < -0.4 is 0 Å². The van der Waals surface area contributed by atoms with Crippen molar-refractivity contribution in [2.24, 2.45) is 34.5 Å². The van der Waals surface area contributed by atoms with Crippen molar-refractivity contribution in [3.63, 3.8) is 0 Å². The molecule has 0 heterocycles. The minimum atomic E-state index is -0.805. The molecule has 0 saturated heterocycles. The number of hydrogen-bond donors (Lipinski definition) is 1. The molecule has 0 aromatic rings. The quantitative estimate of drug-likeness (QED) is 0.658. The van der Waals surface area contributed by atoms with Gasteiger partial charge in [-0.25, -0.2) is 0 Å². The van der Waals surface area contributed by atoms with E-state index >= 15 is 0 Å². The topological polar surface area (TPSA) is 37.3 Å². The summed E-state index contributed by atoms with van der Waals surface area (Å²) < 4.78 is 0. The first-order valence-corrected chi connectivity index (χ1v) is 10.2. The summed E-state index contributed by atoms with van der Waals surface area (Å²) in [5.74, 6) is 8.90. The third-order valence-corrected chi connectivity index (χ3v) is 8.76. The van der Waals surface area contributed by atoms with E-state index in [4.69, 9.17) is 0 Å². The van der Waals surface area contributed by atoms with E-state index < -0.39 is 5.60 Å². The Balaban J connectivity index is 1.73. The maximum atomic E-state index is 12.0. The third kappa shape index (κ3) is 2.18. The lowest BCUT2D eigenvalue weighted by molar-refractivity contribution is -0.121. The molecule has 0 radical (unpaired) electrons. The second-order valence-corrected chi connectivity index (χ2v) is 9.73. The molecular weight excluding hydrogens is 308 g/mol. The van der Waals surface area contributed by atoms with Crippen LogP contribution in [0, 0.1) is 46.3 Å². The lowest BCUT2D eigenvalue weighted by atomic mass is 9.45. The predicted octanol–water partition coefficient (Wildman–Crippen LogP) is 4.52. The number of ketones is 1. The van der Waals surface area contributed by atoms with Crippen LogP contribution >= 0.6 is 0 Å². The summed E-state index contributed by atoms with van der Waals surface area (Å²) in [6.07, 6.45) is 9.05. The lowest BCUT2D eigenvalue weighted by Gasteiger charge is -2.60. The smallest absolute Gasteiger partial charge is 0.155 e. The van der Waals surface area contributed by atoms with Gasteiger partial charge in [-0.3, -0.25) is 4.79 Å². The van der Waals surface area contributed by atoms with Crippen molar-refractivity contribution in [1.29, 1.82) is 0 Å². The molecule has 136 valence electrons. The van der Waals surface area contributed by atoms with E-state index in [9.17, 15) is 9.90 Å². The average molecular weight is 341 g/mol. The van der Waals surface area contributed by atoms with E-state index in [1.165, 1.54) is 18.4 Å². The fourth-order valence-corrected chi connectivity index (χ4v) is 7.41. The van der Waals surface area contributed by atoms with Gasteiger partial charge in [-0.05, 0) is 80.6 Å². The molecular formula is C23H32O2. The molecule has 4 aliphatic rings. The number of fused-ring (bicyclic) bond motifs is 5. The Bertz CT molecular complexity index is 695. The van der Waals surface area contributed by atoms with Crippen molar-refractivity contribution in [3.05, 3.63) is 11.6 Å². The maximum absolute atomic E-state index is 12.0. The molecule has 7 atom stereocenters. The average Bonchev–Trinajstić information content (AvgIpc) is 2.82. The Morgan fingerprint density at radius 2 is 1.88 bits per heavy atom. The van der Waals surface area contributed by atoms with Crippen LogP contribution in [0.25, 0.3) is 0 Å². The van der Waals surface area contributed by atoms with E-state index in [-0.39, 0.29) is 10.8 Å². The first-order valence-electron chi connectivity index (χ1n) is 10.2. The number of allylic oxidation sites excluding steroid dienone is 1. The molecule has 4 rings (SSSR count). The van der Waals surface area contributed by atoms with Gasteiger partial charge < -0.3 is 5.11 Å². The van der Waals surface area contributed by atoms with Gasteiger partial charge in [0.1, 0.15) is 5.60 Å². The summed E-state index contributed by atoms with van der Waals surface area (Å²) in [6.45, 7) is 8.89. The summed E-state index contributed by atoms with van der Waals surface area (Å²) in [7, 11) is 0. The summed E-state index contributed by atoms with van der Waals surface area (Å²) in [6, 6.07) is 0. The van der Waals surface area contributed by atoms with Crippen LogP contribution in [0.2, 0.25) is 0 Å². The van der Waals surface area contributed by atoms with Crippen molar-refractivity contribution < 1.29 is 9.90 Å². The monoisotopic (exact) mass is 340 g/mol. The SMILES string of the molecule is CC#CC1(O)CCC2C3CC(C)C4=CC(=O)CCC4(C)C3CCC21C. The Morgan fingerprint density at radius 1 is 1.16 bits per heavy atom. The van der Waals surface area contributed by atoms with Crippen LogP contribution in [0.15, 0.2) is 11.6 Å². The van der Waals surface area contributed by atoms with Gasteiger partial charge in [0.2, 0.25) is 0 Å². The van der Waals surface area contributed by atoms with Gasteiger partial charge >= 0.3 is 0 Å². The van der Waals surface area contributed by atoms with Crippen LogP contribution in [-0.2, 0) is 4.79 Å². The van der Waals surface area contributed by atoms with Crippen molar-refractivity contribution in [3.8, 4) is 11.8 Å². The molecule has 25 heavy (non-hydrogen) atoms. The number of rotatable bonds is 0. The van der Waals surface area contributed by atoms with E-state index in [0.717, 1.165) is 25.7 Å². The van der Waals surface area contributed by atoms with Crippen LogP contribution in [0.1, 0.15) is 72.6 Å². The molecule has 0 spiro atoms. The van der Waals surface area contributed by atoms with Gasteiger partial charge in [0.25, 0.3) is 0 Å². The molecule has 0 amide bonds. The Labute approximate surface area is 152 Å². The molecule has 0 aromatic heterocycles. The van der Waals surface area contributed by atoms with Gasteiger partial charge in [-0.1, -0.05) is 32.3 Å². The van der Waals surface area contributed by atoms with Crippen molar-refractivity contribution in [1.82, 2.24) is 0 Å². The largest absolute Gasteiger partial charge is 0.377 e. The Kier molecular flexibility index (Phi) is 3.79. The molecule has 0 aliphatic heterocycles. The fraction of sp³-hybridized carbons (Fsp3) is 0.783. The van der Waals surface area contributed by atoms with Gasteiger partial charge in [-0.15, -0.1) is 5.92 Å². The molecule has 1 N–H and O–H groups in total. The molecule has 2 nitrogen and oxygen atoms in total. The van der Waals surface area contributed by atoms with Gasteiger partial charge in [0.05, 0.1) is 0 Å². The molecule has 3 saturated carbocycles. The highest BCUT2D eigenvalue weighted by molar-refractivity contribution is 5.91. The predicted molar refractivity (Wildman–Crippen MR) is 99.7 cm³/mol. The molecule has 2 heteroatoms. The second kappa shape index (κ2) is 5.46. The van der Waals surface area contributed by atoms with E-state index in [0.29, 0.717) is 35.9 Å². The first kappa shape index (κ1) is 17.3. The van der Waals surface area contributed by atoms with Crippen molar-refractivity contribution >= 4 is 5.78 Å². The zero-order valence-electron chi connectivity index (χ0n) is 16.2. The third-order valence-electron chi connectivity index (χ3n) is 8.76. The highest BCUT2D eigenvalue weighted by Crippen LogP contribution is 2.68. The number of carbonyl (C=O) groups excluding carboxylic acids is 1. The summed E-state index contributed by atoms with van der Waals surface area (Å²) in [4.78, 5) is 12.0. The fourth-order valence-electron chi connectivity index (χ4n) is 7.41. The van der Waals surface area contributed by atoms with Crippen LogP contribution in [0.3, 0.4) is 0 Å². The highest BCUT2D eigenvalue weighted by atomic mass is 16.3. The van der Waals surface area contributed by atoms with Crippen molar-refractivity contribution in [2.45, 2.75) is 78.2 Å². The van der Waals surface area contributed by atoms with Gasteiger partial charge in [0, 0.05) is 11.8 Å². The number of hydrogen-bond acceptors (Lipinski definition) is 2. The van der Waals surface area contributed by atoms with Gasteiger partial charge in [-0.2, -0.15) is 0 Å². The Hall–Kier alpha value is -1.07. The highest BCUT2D eigenvalue weighted by Gasteiger charge is 2.64. The standard InChI is InChI=1S/C23H32O2/c1-5-9-23(25)12-8-19-17-13-15(2)20-14-16(24)6-10-21(20,3)18(17)7-11-22(19,23)4/h14-15,17-19,25H,6-8,10-13H2,1-4H3. The zero-order chi connectivity index (χ0) is 18.0. The number of aliphatic hydroxyl groups is 1. The van der Waals surface area contributed by atoms with Crippen LogP contribution in [0.5, 0.6) is 0 Å². The minimum Gasteiger partial charge on any atom is -0.377 e. The summed E-state index contributed by atoms with van der Waals surface area (Å²) in [5.41, 5.74) is 0.739. The Morgan fingerprint density at radius 3 is 2.60 bits per heavy atom. The van der Waals surface area contributed by atoms with Crippen LogP contribution in [0.4, 0.5) is 0 Å². The lowest BCUT2D eigenvalue weighted by Crippen LogP contribution is -2.55. The second-order valence-electron chi connectivity index (χ2n) is 9.73.